The molecule has 1 fully saturated rings. The van der Waals surface area contributed by atoms with E-state index >= 15 is 0 Å². The molecule has 7 nitrogen and oxygen atoms in total. The van der Waals surface area contributed by atoms with Crippen LogP contribution in [-0.4, -0.2) is 34.5 Å². The fourth-order valence-electron chi connectivity index (χ4n) is 2.23. The van der Waals surface area contributed by atoms with E-state index in [1.54, 1.807) is 12.3 Å². The molecule has 20 heavy (non-hydrogen) atoms. The van der Waals surface area contributed by atoms with Crippen molar-refractivity contribution in [1.82, 2.24) is 14.7 Å². The van der Waals surface area contributed by atoms with E-state index < -0.39 is 0 Å². The molecule has 3 heterocycles. The Balaban J connectivity index is 1.87. The molecule has 0 saturated carbocycles. The van der Waals surface area contributed by atoms with Crippen molar-refractivity contribution < 1.29 is 9.57 Å². The van der Waals surface area contributed by atoms with Crippen molar-refractivity contribution in [2.45, 2.75) is 12.8 Å². The Morgan fingerprint density at radius 1 is 1.40 bits per heavy atom. The molecule has 3 rings (SSSR count). The van der Waals surface area contributed by atoms with Crippen LogP contribution in [0.25, 0.3) is 11.0 Å². The highest BCUT2D eigenvalue weighted by atomic mass is 16.7. The summed E-state index contributed by atoms with van der Waals surface area (Å²) in [5, 5.41) is 0.714. The van der Waals surface area contributed by atoms with E-state index in [9.17, 15) is 4.79 Å². The minimum Gasteiger partial charge on any atom is -0.408 e. The molecule has 1 aliphatic heterocycles. The van der Waals surface area contributed by atoms with Gasteiger partial charge in [-0.05, 0) is 24.8 Å². The SMILES string of the molecule is Nc1ncc2ccc(=O)n(OCC3CCOCC3)c2n1. The first kappa shape index (κ1) is 12.9. The fraction of sp³-hybridized carbons (Fsp3) is 0.462. The largest absolute Gasteiger partial charge is 0.408 e. The van der Waals surface area contributed by atoms with Crippen molar-refractivity contribution in [2.75, 3.05) is 25.6 Å². The third kappa shape index (κ3) is 2.57. The smallest absolute Gasteiger partial charge is 0.285 e. The molecule has 2 aromatic rings. The lowest BCUT2D eigenvalue weighted by Gasteiger charge is -2.22. The third-order valence-corrected chi connectivity index (χ3v) is 3.39. The van der Waals surface area contributed by atoms with Gasteiger partial charge < -0.3 is 15.3 Å². The predicted molar refractivity (Wildman–Crippen MR) is 73.2 cm³/mol. The quantitative estimate of drug-likeness (QED) is 0.862. The monoisotopic (exact) mass is 276 g/mol. The number of nitrogen functional groups attached to an aromatic ring is 1. The van der Waals surface area contributed by atoms with Crippen LogP contribution in [0, 0.1) is 5.92 Å². The Kier molecular flexibility index (Phi) is 3.51. The summed E-state index contributed by atoms with van der Waals surface area (Å²) >= 11 is 0. The maximum Gasteiger partial charge on any atom is 0.285 e. The van der Waals surface area contributed by atoms with Gasteiger partial charge in [0.25, 0.3) is 5.56 Å². The van der Waals surface area contributed by atoms with Gasteiger partial charge in [0.05, 0.1) is 0 Å². The van der Waals surface area contributed by atoms with Crippen LogP contribution in [-0.2, 0) is 4.74 Å². The van der Waals surface area contributed by atoms with Crippen LogP contribution in [0.4, 0.5) is 5.95 Å². The Morgan fingerprint density at radius 2 is 2.20 bits per heavy atom. The summed E-state index contributed by atoms with van der Waals surface area (Å²) in [5.74, 6) is 0.511. The van der Waals surface area contributed by atoms with Crippen molar-refractivity contribution in [1.29, 1.82) is 0 Å². The first-order chi connectivity index (χ1) is 9.74. The molecule has 2 N–H and O–H groups in total. The molecule has 0 bridgehead atoms. The van der Waals surface area contributed by atoms with Crippen molar-refractivity contribution in [2.24, 2.45) is 5.92 Å². The highest BCUT2D eigenvalue weighted by molar-refractivity contribution is 5.74. The van der Waals surface area contributed by atoms with Crippen LogP contribution in [0.15, 0.2) is 23.1 Å². The van der Waals surface area contributed by atoms with Gasteiger partial charge in [0.15, 0.2) is 5.65 Å². The Morgan fingerprint density at radius 3 is 3.00 bits per heavy atom. The molecule has 0 radical (unpaired) electrons. The van der Waals surface area contributed by atoms with Crippen LogP contribution in [0.2, 0.25) is 0 Å². The number of hydrogen-bond acceptors (Lipinski definition) is 6. The number of pyridine rings is 1. The molecular weight excluding hydrogens is 260 g/mol. The minimum absolute atomic E-state index is 0.117. The van der Waals surface area contributed by atoms with Gasteiger partial charge in [0.1, 0.15) is 6.61 Å². The van der Waals surface area contributed by atoms with Crippen molar-refractivity contribution in [3.8, 4) is 0 Å². The van der Waals surface area contributed by atoms with Gasteiger partial charge in [-0.2, -0.15) is 4.98 Å². The van der Waals surface area contributed by atoms with Crippen molar-refractivity contribution in [3.05, 3.63) is 28.7 Å². The van der Waals surface area contributed by atoms with Gasteiger partial charge in [-0.3, -0.25) is 4.79 Å². The second-order valence-electron chi connectivity index (χ2n) is 4.82. The normalized spacial score (nSPS) is 16.4. The van der Waals surface area contributed by atoms with E-state index in [4.69, 9.17) is 15.3 Å². The van der Waals surface area contributed by atoms with Gasteiger partial charge in [-0.25, -0.2) is 4.98 Å². The molecule has 0 atom stereocenters. The van der Waals surface area contributed by atoms with E-state index in [1.807, 2.05) is 0 Å². The van der Waals surface area contributed by atoms with Crippen LogP contribution >= 0.6 is 0 Å². The topological polar surface area (TPSA) is 92.3 Å². The maximum atomic E-state index is 11.9. The Bertz CT molecular complexity index is 664. The van der Waals surface area contributed by atoms with E-state index in [0.29, 0.717) is 23.6 Å². The lowest BCUT2D eigenvalue weighted by Crippen LogP contribution is -2.32. The van der Waals surface area contributed by atoms with Gasteiger partial charge in [-0.1, -0.05) is 0 Å². The molecule has 7 heteroatoms. The number of fused-ring (bicyclic) bond motifs is 1. The zero-order chi connectivity index (χ0) is 13.9. The molecule has 1 saturated heterocycles. The zero-order valence-corrected chi connectivity index (χ0v) is 11.0. The highest BCUT2D eigenvalue weighted by Crippen LogP contribution is 2.14. The van der Waals surface area contributed by atoms with Crippen LogP contribution < -0.4 is 16.1 Å². The first-order valence-corrected chi connectivity index (χ1v) is 6.59. The first-order valence-electron chi connectivity index (χ1n) is 6.59. The fourth-order valence-corrected chi connectivity index (χ4v) is 2.23. The molecule has 0 aliphatic carbocycles. The van der Waals surface area contributed by atoms with Gasteiger partial charge >= 0.3 is 0 Å². The molecular formula is C13H16N4O3. The number of rotatable bonds is 3. The lowest BCUT2D eigenvalue weighted by atomic mass is 10.0. The number of nitrogens with two attached hydrogens (primary N) is 1. The van der Waals surface area contributed by atoms with Crippen molar-refractivity contribution in [3.63, 3.8) is 0 Å². The summed E-state index contributed by atoms with van der Waals surface area (Å²) in [5.41, 5.74) is 5.71. The number of nitrogens with zero attached hydrogens (tertiary/aromatic N) is 3. The molecule has 0 spiro atoms. The summed E-state index contributed by atoms with van der Waals surface area (Å²) in [6, 6.07) is 3.09. The Hall–Kier alpha value is -2.15. The van der Waals surface area contributed by atoms with Crippen LogP contribution in [0.1, 0.15) is 12.8 Å². The van der Waals surface area contributed by atoms with E-state index in [2.05, 4.69) is 9.97 Å². The summed E-state index contributed by atoms with van der Waals surface area (Å²) in [7, 11) is 0. The lowest BCUT2D eigenvalue weighted by molar-refractivity contribution is 0.0152. The van der Waals surface area contributed by atoms with Gasteiger partial charge in [0, 0.05) is 30.9 Å². The molecule has 2 aromatic heterocycles. The average molecular weight is 276 g/mol. The summed E-state index contributed by atoms with van der Waals surface area (Å²) in [6.07, 6.45) is 3.46. The molecule has 0 unspecified atom stereocenters. The third-order valence-electron chi connectivity index (χ3n) is 3.39. The number of hydrogen-bond donors (Lipinski definition) is 1. The molecule has 106 valence electrons. The summed E-state index contributed by atoms with van der Waals surface area (Å²) in [4.78, 5) is 25.6. The predicted octanol–water partition coefficient (Wildman–Crippen LogP) is 0.229. The number of aromatic nitrogens is 3. The highest BCUT2D eigenvalue weighted by Gasteiger charge is 2.16. The van der Waals surface area contributed by atoms with Gasteiger partial charge in [0.2, 0.25) is 5.95 Å². The maximum absolute atomic E-state index is 11.9. The van der Waals surface area contributed by atoms with Crippen LogP contribution in [0.5, 0.6) is 0 Å². The molecule has 1 aliphatic rings. The number of anilines is 1. The Labute approximate surface area is 115 Å². The molecule has 0 aromatic carbocycles. The van der Waals surface area contributed by atoms with Gasteiger partial charge in [-0.15, -0.1) is 4.73 Å². The molecule has 0 amide bonds. The number of ether oxygens (including phenoxy) is 1. The second-order valence-corrected chi connectivity index (χ2v) is 4.82. The minimum atomic E-state index is -0.261. The summed E-state index contributed by atoms with van der Waals surface area (Å²) < 4.78 is 6.50. The second kappa shape index (κ2) is 5.46. The van der Waals surface area contributed by atoms with E-state index in [1.165, 1.54) is 10.8 Å². The summed E-state index contributed by atoms with van der Waals surface area (Å²) in [6.45, 7) is 1.95. The van der Waals surface area contributed by atoms with Crippen LogP contribution in [0.3, 0.4) is 0 Å². The zero-order valence-electron chi connectivity index (χ0n) is 11.0. The average Bonchev–Trinajstić information content (AvgIpc) is 2.47. The van der Waals surface area contributed by atoms with E-state index in [-0.39, 0.29) is 11.5 Å². The van der Waals surface area contributed by atoms with Crippen molar-refractivity contribution >= 4 is 17.0 Å². The standard InChI is InChI=1S/C13H16N4O3/c14-13-15-7-10-1-2-11(18)17(12(10)16-13)20-8-9-3-5-19-6-4-9/h1-2,7,9H,3-6,8H2,(H2,14,15,16). The van der Waals surface area contributed by atoms with E-state index in [0.717, 1.165) is 26.1 Å².